The molecule has 0 aromatic heterocycles. The highest BCUT2D eigenvalue weighted by Crippen LogP contribution is 2.53. The summed E-state index contributed by atoms with van der Waals surface area (Å²) < 4.78 is 531. The Morgan fingerprint density at radius 3 is 0.838 bits per heavy atom. The molecule has 0 amide bonds. The molecule has 0 heteroatoms. The lowest BCUT2D eigenvalue weighted by Crippen LogP contribution is -1.91. The van der Waals surface area contributed by atoms with Crippen LogP contribution in [-0.4, -0.2) is 0 Å². The molecule has 34 rings (SSSR count). The summed E-state index contributed by atoms with van der Waals surface area (Å²) in [5, 5.41) is 3.53. The van der Waals surface area contributed by atoms with Crippen LogP contribution in [0.3, 0.4) is 0 Å². The van der Waals surface area contributed by atoms with Crippen molar-refractivity contribution in [1.29, 1.82) is 0 Å². The van der Waals surface area contributed by atoms with Gasteiger partial charge in [-0.2, -0.15) is 0 Å². The van der Waals surface area contributed by atoms with Crippen LogP contribution in [0.2, 0.25) is 0 Å². The normalized spacial score (nSPS) is 17.7. The van der Waals surface area contributed by atoms with Gasteiger partial charge in [-0.05, 0) is 361 Å². The highest BCUT2D eigenvalue weighted by molar-refractivity contribution is 6.34. The Labute approximate surface area is 933 Å². The van der Waals surface area contributed by atoms with Crippen molar-refractivity contribution in [2.24, 2.45) is 0 Å². The van der Waals surface area contributed by atoms with Gasteiger partial charge in [-0.25, -0.2) is 0 Å². The summed E-state index contributed by atoms with van der Waals surface area (Å²) in [5.41, 5.74) is -1.94. The lowest BCUT2D eigenvalue weighted by atomic mass is 9.85. The fraction of sp³-hybridized carbons (Fsp3) is 0. The standard InChI is InChI=1S/C52H30.2C48H28/c1-2-12-39-37(7-1)29-38(30-48(39)45-24-20-36-18-16-32-9-6-11-34-22-26-47(45)52(36)50(32)34)40-27-28-43(42-14-4-3-13-41(40)42)44-23-19-35-17-15-31-8-5-10-33-21-25-46(44)51(35)49(31)33;2*1-2-13-40-39(12-1)37(26-27-41(40)42-23-19-34-17-15-30-7-4-9-32-21-25-44(42)48(34)46(30)32)35-10-5-11-36(28-35)38-22-18-33-16-14-29-6-3-8-31-20-24-43(38)47(33)45(29)31/h1-30H;2*1-28H/i1D,2D,3D,4D,5D,6D,7D,8D,9D,10D,11D,12D,13D,14D,15D,16D,17D,18D,19D,20D,21D,22D,23D,24D,25D,26D,27D,28D,29D,30D;3D,4D,6D,7D,8D,9D,14D,15D,16D,17D,18D,19D,20D,21D,22D,23D,24D,25D;1D,2D,5D,10D,11D,12D,13D,26D,27D,28D. The Bertz CT molecular complexity index is 15300. The quantitative estimate of drug-likeness (QED) is 0.126. The predicted octanol–water partition coefficient (Wildman–Crippen LogP) is 42.1. The van der Waals surface area contributed by atoms with Crippen LogP contribution in [0.25, 0.3) is 337 Å². The van der Waals surface area contributed by atoms with E-state index in [1.54, 1.807) is 60.7 Å². The molecule has 0 aliphatic rings. The van der Waals surface area contributed by atoms with Crippen molar-refractivity contribution in [2.75, 3.05) is 0 Å². The van der Waals surface area contributed by atoms with E-state index in [9.17, 15) is 39.8 Å². The molecule has 0 fully saturated rings. The number of hydrogen-bond donors (Lipinski definition) is 0. The first-order valence-electron chi connectivity index (χ1n) is 76.0. The third-order valence-corrected chi connectivity index (χ3v) is 28.6. The van der Waals surface area contributed by atoms with Gasteiger partial charge in [0.15, 0.2) is 0 Å². The van der Waals surface area contributed by atoms with Gasteiger partial charge in [0.2, 0.25) is 0 Å². The molecule has 0 unspecified atom stereocenters. The highest BCUT2D eigenvalue weighted by atomic mass is 14.3. The van der Waals surface area contributed by atoms with Crippen molar-refractivity contribution in [3.05, 3.63) is 520 Å². The lowest BCUT2D eigenvalue weighted by Gasteiger charge is -2.18. The fourth-order valence-electron chi connectivity index (χ4n) is 22.1. The lowest BCUT2D eigenvalue weighted by molar-refractivity contribution is 1.62. The van der Waals surface area contributed by atoms with Gasteiger partial charge in [0, 0.05) is 0 Å². The Kier molecular flexibility index (Phi) is 9.62. The Morgan fingerprint density at radius 1 is 0.101 bits per heavy atom. The maximum atomic E-state index is 10.3. The molecule has 148 heavy (non-hydrogen) atoms. The fourth-order valence-corrected chi connectivity index (χ4v) is 22.1. The second kappa shape index (κ2) is 32.1. The highest BCUT2D eigenvalue weighted by Gasteiger charge is 2.26. The maximum absolute atomic E-state index is 10.3. The summed E-state index contributed by atoms with van der Waals surface area (Å²) in [4.78, 5) is 0. The van der Waals surface area contributed by atoms with E-state index >= 15 is 0 Å². The molecule has 34 aromatic carbocycles. The van der Waals surface area contributed by atoms with E-state index in [0.717, 1.165) is 64.6 Å². The molecule has 0 aliphatic carbocycles. The van der Waals surface area contributed by atoms with Gasteiger partial charge in [-0.1, -0.05) is 496 Å². The van der Waals surface area contributed by atoms with Gasteiger partial charge in [0.25, 0.3) is 0 Å². The van der Waals surface area contributed by atoms with E-state index in [1.165, 1.54) is 0 Å². The van der Waals surface area contributed by atoms with E-state index in [-0.39, 0.29) is 161 Å². The van der Waals surface area contributed by atoms with E-state index in [2.05, 4.69) is 12.1 Å². The largest absolute Gasteiger partial charge is 0.0636 e. The Morgan fingerprint density at radius 2 is 0.358 bits per heavy atom. The van der Waals surface area contributed by atoms with Crippen molar-refractivity contribution in [1.82, 2.24) is 0 Å². The third-order valence-electron chi connectivity index (χ3n) is 28.6. The second-order valence-corrected chi connectivity index (χ2v) is 36.2. The van der Waals surface area contributed by atoms with E-state index in [1.807, 2.05) is 97.1 Å². The first kappa shape index (κ1) is 44.3. The molecule has 0 spiro atoms. The molecule has 0 bridgehead atoms. The van der Waals surface area contributed by atoms with E-state index in [0.29, 0.717) is 44.2 Å². The smallest absolute Gasteiger partial charge is 0.0616 e. The van der Waals surface area contributed by atoms with Gasteiger partial charge in [0.05, 0.1) is 79.5 Å². The summed E-state index contributed by atoms with van der Waals surface area (Å²) in [7, 11) is 0. The van der Waals surface area contributed by atoms with Gasteiger partial charge in [-0.3, -0.25) is 0 Å². The average molecular weight is 1920 g/mol. The zero-order valence-corrected chi connectivity index (χ0v) is 76.2. The maximum Gasteiger partial charge on any atom is 0.0636 e. The summed E-state index contributed by atoms with van der Waals surface area (Å²) in [6, 6.07) is 13.4. The molecule has 0 radical (unpaired) electrons. The van der Waals surface area contributed by atoms with Crippen molar-refractivity contribution in [2.45, 2.75) is 0 Å². The van der Waals surface area contributed by atoms with Crippen molar-refractivity contribution in [3.63, 3.8) is 0 Å². The molecule has 0 atom stereocenters. The van der Waals surface area contributed by atoms with Crippen LogP contribution in [0.15, 0.2) is 520 Å². The minimum Gasteiger partial charge on any atom is -0.0616 e. The van der Waals surface area contributed by atoms with Crippen LogP contribution in [0.4, 0.5) is 0 Å². The van der Waals surface area contributed by atoms with Crippen LogP contribution < -0.4 is 0 Å². The molecular weight excluding hydrogens is 1780 g/mol. The zero-order chi connectivity index (χ0) is 147. The molecule has 0 nitrogen and oxygen atoms in total. The van der Waals surface area contributed by atoms with Gasteiger partial charge in [0.1, 0.15) is 0 Å². The number of fused-ring (bicyclic) bond motifs is 4. The summed E-state index contributed by atoms with van der Waals surface area (Å²) in [5.74, 6) is 0. The SMILES string of the molecule is [2H]c1c([2H])c(-c2ccc3ccc4cccc5ccc2c3c45)c([2H])c(-c2c([2H])c([2H])c(-c3ccc4ccc5cccc6ccc3c4c56)c3c([2H])c([2H])c([2H])c([2H])c23)c1[2H].[2H]c1c([2H])c([2H])c2c(-c3c([2H])c([2H])c4c([2H])c([2H])c5c([2H])c([2H])c([2H])c6c([2H])c([2H])c3c4c56)c([2H])c(-c3c([2H])c([2H])c(-c4c([2H])c([2H])c5c([2H])c([2H])c6c([2H])c([2H])c([2H])c7c([2H])c([2H])c4c5c67)c4c([2H])c([2H])c([2H])c([2H])c34)c([2H])c2c1[2H].[2H]c1c([2H])c2c([2H])c([2H])c3c([2H])c([2H])c(-c4cccc(-c5ccc(-c6c([2H])c([2H])c7c([2H])c([2H])c8c([2H])c([2H])c([2H])c9c([2H])c([2H])c6c7c89)c6ccccc56)c4)c4c([2H])c([2H])c(c1[2H])c2c34. The number of rotatable bonds is 9. The third kappa shape index (κ3) is 12.4. The van der Waals surface area contributed by atoms with Gasteiger partial charge >= 0.3 is 0 Å². The molecule has 0 aliphatic heterocycles. The minimum absolute atomic E-state index is 0.0124. The topological polar surface area (TPSA) is 0 Å². The molecule has 0 saturated carbocycles. The predicted molar refractivity (Wildman–Crippen MR) is 640 cm³/mol. The zero-order valence-electron chi connectivity index (χ0n) is 134. The summed E-state index contributed by atoms with van der Waals surface area (Å²) >= 11 is 0. The van der Waals surface area contributed by atoms with Crippen LogP contribution in [0.1, 0.15) is 79.5 Å². The Hall–Kier alpha value is -19.2. The van der Waals surface area contributed by atoms with Crippen LogP contribution >= 0.6 is 0 Å². The monoisotopic (exact) mass is 1920 g/mol. The number of hydrogen-bond acceptors (Lipinski definition) is 0. The molecule has 0 heterocycles. The summed E-state index contributed by atoms with van der Waals surface area (Å²) in [6.45, 7) is 0. The average Bonchev–Trinajstić information content (AvgIpc) is 0.681. The molecule has 0 N–H and O–H groups in total. The second-order valence-electron chi connectivity index (χ2n) is 36.2. The number of benzene rings is 34. The van der Waals surface area contributed by atoms with Crippen molar-refractivity contribution in [3.8, 4) is 100 Å². The van der Waals surface area contributed by atoms with Crippen LogP contribution in [0.5, 0.6) is 0 Å². The first-order valence-corrected chi connectivity index (χ1v) is 47.0. The Balaban J connectivity index is 0.000000126. The molecule has 0 saturated heterocycles. The van der Waals surface area contributed by atoms with E-state index in [4.69, 9.17) is 39.8 Å². The molecule has 678 valence electrons. The van der Waals surface area contributed by atoms with E-state index < -0.39 is 418 Å². The first-order chi connectivity index (χ1) is 97.6. The van der Waals surface area contributed by atoms with Crippen LogP contribution in [-0.2, 0) is 0 Å². The van der Waals surface area contributed by atoms with Gasteiger partial charge < -0.3 is 0 Å². The van der Waals surface area contributed by atoms with Gasteiger partial charge in [-0.15, -0.1) is 0 Å². The van der Waals surface area contributed by atoms with Crippen LogP contribution in [0, 0.1) is 0 Å². The molecule has 34 aromatic rings. The minimum atomic E-state index is -1.14. The van der Waals surface area contributed by atoms with Crippen molar-refractivity contribution < 1.29 is 79.5 Å². The molecular formula is C148H86. The summed E-state index contributed by atoms with van der Waals surface area (Å²) in [6.07, 6.45) is 0. The van der Waals surface area contributed by atoms with Crippen molar-refractivity contribution >= 4 is 237 Å².